The first-order chi connectivity index (χ1) is 7.95. The van der Waals surface area contributed by atoms with Crippen LogP contribution in [0.3, 0.4) is 0 Å². The predicted octanol–water partition coefficient (Wildman–Crippen LogP) is 2.38. The first-order valence-electron chi connectivity index (χ1n) is 6.62. The number of aliphatic imine (C=N–C) groups is 1. The number of amides is 2. The largest absolute Gasteiger partial charge is 0.385 e. The van der Waals surface area contributed by atoms with E-state index in [0.717, 1.165) is 25.8 Å². The molecule has 0 aromatic heterocycles. The van der Waals surface area contributed by atoms with Gasteiger partial charge < -0.3 is 10.6 Å². The maximum Gasteiger partial charge on any atom is 0.346 e. The zero-order valence-electron chi connectivity index (χ0n) is 11.1. The number of hydrogen-bond donors (Lipinski definition) is 1. The fraction of sp³-hybridized carbons (Fsp3) is 0.846. The van der Waals surface area contributed by atoms with Gasteiger partial charge >= 0.3 is 6.03 Å². The molecule has 1 saturated carbocycles. The molecule has 2 amide bonds. The van der Waals surface area contributed by atoms with Crippen molar-refractivity contribution >= 4 is 11.9 Å². The summed E-state index contributed by atoms with van der Waals surface area (Å²) in [7, 11) is 0. The van der Waals surface area contributed by atoms with Crippen LogP contribution in [0.5, 0.6) is 0 Å². The van der Waals surface area contributed by atoms with Crippen molar-refractivity contribution in [1.82, 2.24) is 4.90 Å². The Bertz CT molecular complexity index is 351. The number of hydrogen-bond acceptors (Lipinski definition) is 2. The van der Waals surface area contributed by atoms with Gasteiger partial charge in [0.25, 0.3) is 0 Å². The SMILES string of the molecule is CC(C)CN1C(=O)N=C(N)C12CCCC(C)C2. The van der Waals surface area contributed by atoms with Gasteiger partial charge in [-0.15, -0.1) is 0 Å². The third-order valence-corrected chi connectivity index (χ3v) is 3.96. The molecule has 2 unspecified atom stereocenters. The molecule has 0 aromatic carbocycles. The molecule has 1 aliphatic carbocycles. The normalized spacial score (nSPS) is 33.6. The molecule has 4 nitrogen and oxygen atoms in total. The third-order valence-electron chi connectivity index (χ3n) is 3.96. The Hall–Kier alpha value is -1.06. The first-order valence-corrected chi connectivity index (χ1v) is 6.62. The highest BCUT2D eigenvalue weighted by atomic mass is 16.2. The Kier molecular flexibility index (Phi) is 3.15. The highest BCUT2D eigenvalue weighted by Crippen LogP contribution is 2.40. The Morgan fingerprint density at radius 2 is 2.29 bits per heavy atom. The maximum atomic E-state index is 12.0. The minimum absolute atomic E-state index is 0.134. The van der Waals surface area contributed by atoms with Gasteiger partial charge in [-0.25, -0.2) is 4.79 Å². The topological polar surface area (TPSA) is 58.7 Å². The van der Waals surface area contributed by atoms with Crippen LogP contribution in [0.4, 0.5) is 4.79 Å². The monoisotopic (exact) mass is 237 g/mol. The first kappa shape index (κ1) is 12.4. The molecule has 17 heavy (non-hydrogen) atoms. The Morgan fingerprint density at radius 3 is 2.88 bits per heavy atom. The Balaban J connectivity index is 2.27. The van der Waals surface area contributed by atoms with Crippen molar-refractivity contribution in [1.29, 1.82) is 0 Å². The lowest BCUT2D eigenvalue weighted by Gasteiger charge is -2.43. The summed E-state index contributed by atoms with van der Waals surface area (Å²) in [6.07, 6.45) is 4.32. The predicted molar refractivity (Wildman–Crippen MR) is 68.9 cm³/mol. The van der Waals surface area contributed by atoms with Gasteiger partial charge in [0.05, 0.1) is 0 Å². The molecule has 0 saturated heterocycles. The van der Waals surface area contributed by atoms with Crippen LogP contribution >= 0.6 is 0 Å². The molecule has 0 radical (unpaired) electrons. The molecule has 1 fully saturated rings. The summed E-state index contributed by atoms with van der Waals surface area (Å²) in [5.74, 6) is 1.63. The van der Waals surface area contributed by atoms with Crippen LogP contribution in [0.15, 0.2) is 4.99 Å². The maximum absolute atomic E-state index is 12.0. The summed E-state index contributed by atoms with van der Waals surface area (Å²) in [6.45, 7) is 7.25. The minimum Gasteiger partial charge on any atom is -0.385 e. The highest BCUT2D eigenvalue weighted by molar-refractivity contribution is 6.05. The lowest BCUT2D eigenvalue weighted by atomic mass is 9.75. The minimum atomic E-state index is -0.265. The molecule has 2 aliphatic rings. The second kappa shape index (κ2) is 4.31. The van der Waals surface area contributed by atoms with Crippen molar-refractivity contribution < 1.29 is 4.79 Å². The van der Waals surface area contributed by atoms with E-state index in [9.17, 15) is 4.79 Å². The number of nitrogens with two attached hydrogens (primary N) is 1. The number of carbonyl (C=O) groups excluding carboxylic acids is 1. The van der Waals surface area contributed by atoms with Crippen molar-refractivity contribution in [3.05, 3.63) is 0 Å². The van der Waals surface area contributed by atoms with E-state index >= 15 is 0 Å². The third kappa shape index (κ3) is 2.05. The number of urea groups is 1. The van der Waals surface area contributed by atoms with E-state index in [0.29, 0.717) is 17.7 Å². The zero-order chi connectivity index (χ0) is 12.6. The molecule has 1 aliphatic heterocycles. The van der Waals surface area contributed by atoms with Crippen LogP contribution < -0.4 is 5.73 Å². The van der Waals surface area contributed by atoms with Crippen molar-refractivity contribution in [2.75, 3.05) is 6.54 Å². The standard InChI is InChI=1S/C13H23N3O/c1-9(2)8-16-12(17)15-11(14)13(16)6-4-5-10(3)7-13/h9-10H,4-8H2,1-3H3,(H2,14,15,17). The van der Waals surface area contributed by atoms with Gasteiger partial charge in [-0.2, -0.15) is 4.99 Å². The molecule has 4 heteroatoms. The second-order valence-electron chi connectivity index (χ2n) is 6.02. The number of carbonyl (C=O) groups is 1. The summed E-state index contributed by atoms with van der Waals surface area (Å²) in [5, 5.41) is 0. The molecule has 2 rings (SSSR count). The summed E-state index contributed by atoms with van der Waals surface area (Å²) in [6, 6.07) is -0.134. The molecule has 1 heterocycles. The Morgan fingerprint density at radius 1 is 1.59 bits per heavy atom. The zero-order valence-corrected chi connectivity index (χ0v) is 11.1. The van der Waals surface area contributed by atoms with E-state index in [1.54, 1.807) is 0 Å². The molecule has 2 atom stereocenters. The van der Waals surface area contributed by atoms with E-state index in [-0.39, 0.29) is 11.6 Å². The molecule has 1 spiro atoms. The number of rotatable bonds is 2. The molecule has 96 valence electrons. The number of nitrogens with zero attached hydrogens (tertiary/aromatic N) is 2. The van der Waals surface area contributed by atoms with Gasteiger partial charge in [-0.3, -0.25) is 0 Å². The van der Waals surface area contributed by atoms with Crippen molar-refractivity contribution in [3.8, 4) is 0 Å². The van der Waals surface area contributed by atoms with Crippen LogP contribution in [0, 0.1) is 11.8 Å². The molecular formula is C13H23N3O. The van der Waals surface area contributed by atoms with Crippen LogP contribution in [0.25, 0.3) is 0 Å². The molecular weight excluding hydrogens is 214 g/mol. The van der Waals surface area contributed by atoms with E-state index in [1.165, 1.54) is 6.42 Å². The van der Waals surface area contributed by atoms with E-state index in [1.807, 2.05) is 4.90 Å². The van der Waals surface area contributed by atoms with Gasteiger partial charge in [-0.1, -0.05) is 33.6 Å². The highest BCUT2D eigenvalue weighted by Gasteiger charge is 2.50. The average Bonchev–Trinajstić information content (AvgIpc) is 2.43. The van der Waals surface area contributed by atoms with Gasteiger partial charge in [0, 0.05) is 6.54 Å². The van der Waals surface area contributed by atoms with Gasteiger partial charge in [-0.05, 0) is 24.7 Å². The van der Waals surface area contributed by atoms with E-state index < -0.39 is 0 Å². The second-order valence-corrected chi connectivity index (χ2v) is 6.02. The number of amidine groups is 1. The molecule has 2 N–H and O–H groups in total. The summed E-state index contributed by atoms with van der Waals surface area (Å²) in [4.78, 5) is 17.9. The van der Waals surface area contributed by atoms with Crippen LogP contribution in [-0.2, 0) is 0 Å². The van der Waals surface area contributed by atoms with Crippen molar-refractivity contribution in [3.63, 3.8) is 0 Å². The van der Waals surface area contributed by atoms with Crippen LogP contribution in [0.1, 0.15) is 46.5 Å². The summed E-state index contributed by atoms with van der Waals surface area (Å²) >= 11 is 0. The van der Waals surface area contributed by atoms with E-state index in [2.05, 4.69) is 25.8 Å². The van der Waals surface area contributed by atoms with Crippen molar-refractivity contribution in [2.45, 2.75) is 52.0 Å². The lowest BCUT2D eigenvalue weighted by Crippen LogP contribution is -2.57. The fourth-order valence-corrected chi connectivity index (χ4v) is 3.21. The lowest BCUT2D eigenvalue weighted by molar-refractivity contribution is 0.115. The molecule has 0 bridgehead atoms. The van der Waals surface area contributed by atoms with Gasteiger partial charge in [0.15, 0.2) is 0 Å². The quantitative estimate of drug-likeness (QED) is 0.801. The Labute approximate surface area is 103 Å². The fourth-order valence-electron chi connectivity index (χ4n) is 3.21. The van der Waals surface area contributed by atoms with Crippen molar-refractivity contribution in [2.24, 2.45) is 22.6 Å². The molecule has 0 aromatic rings. The van der Waals surface area contributed by atoms with Crippen LogP contribution in [-0.4, -0.2) is 28.9 Å². The smallest absolute Gasteiger partial charge is 0.346 e. The average molecular weight is 237 g/mol. The summed E-state index contributed by atoms with van der Waals surface area (Å²) in [5.41, 5.74) is 5.79. The van der Waals surface area contributed by atoms with Gasteiger partial charge in [0.1, 0.15) is 11.4 Å². The summed E-state index contributed by atoms with van der Waals surface area (Å²) < 4.78 is 0. The van der Waals surface area contributed by atoms with E-state index in [4.69, 9.17) is 5.73 Å². The van der Waals surface area contributed by atoms with Crippen LogP contribution in [0.2, 0.25) is 0 Å². The van der Waals surface area contributed by atoms with Gasteiger partial charge in [0.2, 0.25) is 0 Å².